The van der Waals surface area contributed by atoms with Crippen LogP contribution in [0.5, 0.6) is 0 Å². The predicted octanol–water partition coefficient (Wildman–Crippen LogP) is 0.154. The van der Waals surface area contributed by atoms with Gasteiger partial charge < -0.3 is 20.7 Å². The average Bonchev–Trinajstić information content (AvgIpc) is 2.15. The van der Waals surface area contributed by atoms with Crippen LogP contribution in [0.4, 0.5) is 4.79 Å². The first-order valence-corrected chi connectivity index (χ1v) is 5.39. The Balaban J connectivity index is 2.61. The van der Waals surface area contributed by atoms with E-state index in [-0.39, 0.29) is 17.7 Å². The third-order valence-corrected chi connectivity index (χ3v) is 2.36. The van der Waals surface area contributed by atoms with Crippen molar-refractivity contribution >= 4 is 6.03 Å². The van der Waals surface area contributed by atoms with Gasteiger partial charge in [0, 0.05) is 19.6 Å². The molecule has 0 radical (unpaired) electrons. The van der Waals surface area contributed by atoms with Crippen molar-refractivity contribution in [2.24, 2.45) is 5.73 Å². The summed E-state index contributed by atoms with van der Waals surface area (Å²) in [6, 6.07) is -0.0349. The molecule has 0 aromatic rings. The topological polar surface area (TPSA) is 67.6 Å². The summed E-state index contributed by atoms with van der Waals surface area (Å²) in [6.07, 6.45) is -0.0589. The molecule has 1 heterocycles. The van der Waals surface area contributed by atoms with E-state index in [4.69, 9.17) is 10.5 Å². The van der Waals surface area contributed by atoms with Crippen molar-refractivity contribution in [3.05, 3.63) is 0 Å². The van der Waals surface area contributed by atoms with Gasteiger partial charge in [0.15, 0.2) is 0 Å². The van der Waals surface area contributed by atoms with Crippen molar-refractivity contribution in [3.8, 4) is 0 Å². The molecule has 0 saturated carbocycles. The average molecular weight is 215 g/mol. The van der Waals surface area contributed by atoms with Gasteiger partial charge in [-0.25, -0.2) is 4.79 Å². The highest BCUT2D eigenvalue weighted by molar-refractivity contribution is 5.74. The van der Waals surface area contributed by atoms with Gasteiger partial charge in [-0.2, -0.15) is 0 Å². The Hall–Kier alpha value is -0.810. The van der Waals surface area contributed by atoms with Crippen LogP contribution in [0.25, 0.3) is 0 Å². The van der Waals surface area contributed by atoms with Gasteiger partial charge in [0.2, 0.25) is 0 Å². The lowest BCUT2D eigenvalue weighted by Gasteiger charge is -2.42. The van der Waals surface area contributed by atoms with Crippen LogP contribution < -0.4 is 11.1 Å². The number of carbonyl (C=O) groups excluding carboxylic acids is 1. The largest absolute Gasteiger partial charge is 0.367 e. The molecule has 88 valence electrons. The molecule has 0 bridgehead atoms. The number of urea groups is 1. The van der Waals surface area contributed by atoms with E-state index in [1.165, 1.54) is 0 Å². The van der Waals surface area contributed by atoms with E-state index in [1.807, 2.05) is 20.8 Å². The summed E-state index contributed by atoms with van der Waals surface area (Å²) in [6.45, 7) is 8.12. The molecular weight excluding hydrogens is 194 g/mol. The highest BCUT2D eigenvalue weighted by Gasteiger charge is 2.34. The predicted molar refractivity (Wildman–Crippen MR) is 58.7 cm³/mol. The van der Waals surface area contributed by atoms with Crippen LogP contribution in [-0.2, 0) is 4.74 Å². The number of amides is 2. The number of morpholine rings is 1. The van der Waals surface area contributed by atoms with Gasteiger partial charge >= 0.3 is 6.03 Å². The molecule has 0 aromatic heterocycles. The molecule has 15 heavy (non-hydrogen) atoms. The lowest BCUT2D eigenvalue weighted by molar-refractivity contribution is -0.120. The van der Waals surface area contributed by atoms with Crippen molar-refractivity contribution < 1.29 is 9.53 Å². The Labute approximate surface area is 90.9 Å². The summed E-state index contributed by atoms with van der Waals surface area (Å²) in [5.41, 5.74) is 5.27. The zero-order valence-electron chi connectivity index (χ0n) is 9.75. The third kappa shape index (κ3) is 3.35. The first-order chi connectivity index (χ1) is 6.98. The fourth-order valence-corrected chi connectivity index (χ4v) is 1.84. The SMILES string of the molecule is CCNC(=O)N1CC(CN)OC(C)(C)C1. The Kier molecular flexibility index (Phi) is 3.93. The minimum Gasteiger partial charge on any atom is -0.367 e. The smallest absolute Gasteiger partial charge is 0.317 e. The lowest BCUT2D eigenvalue weighted by Crippen LogP contribution is -2.58. The quantitative estimate of drug-likeness (QED) is 0.689. The van der Waals surface area contributed by atoms with E-state index in [2.05, 4.69) is 5.32 Å². The summed E-state index contributed by atoms with van der Waals surface area (Å²) in [5, 5.41) is 2.79. The Bertz CT molecular complexity index is 231. The molecule has 1 aliphatic rings. The fourth-order valence-electron chi connectivity index (χ4n) is 1.84. The van der Waals surface area contributed by atoms with Gasteiger partial charge in [-0.15, -0.1) is 0 Å². The highest BCUT2D eigenvalue weighted by atomic mass is 16.5. The van der Waals surface area contributed by atoms with Gasteiger partial charge in [0.05, 0.1) is 18.2 Å². The normalized spacial score (nSPS) is 25.1. The summed E-state index contributed by atoms with van der Waals surface area (Å²) >= 11 is 0. The van der Waals surface area contributed by atoms with Crippen molar-refractivity contribution in [2.75, 3.05) is 26.2 Å². The minimum absolute atomic E-state index is 0.0349. The van der Waals surface area contributed by atoms with E-state index in [1.54, 1.807) is 4.90 Å². The molecule has 1 rings (SSSR count). The van der Waals surface area contributed by atoms with E-state index >= 15 is 0 Å². The van der Waals surface area contributed by atoms with Crippen molar-refractivity contribution in [1.82, 2.24) is 10.2 Å². The van der Waals surface area contributed by atoms with Gasteiger partial charge in [-0.3, -0.25) is 0 Å². The molecule has 1 fully saturated rings. The first-order valence-electron chi connectivity index (χ1n) is 5.39. The molecule has 0 aliphatic carbocycles. The number of hydrogen-bond acceptors (Lipinski definition) is 3. The van der Waals surface area contributed by atoms with Crippen LogP contribution in [-0.4, -0.2) is 48.8 Å². The van der Waals surface area contributed by atoms with E-state index < -0.39 is 0 Å². The first kappa shape index (κ1) is 12.3. The van der Waals surface area contributed by atoms with Crippen molar-refractivity contribution in [3.63, 3.8) is 0 Å². The number of ether oxygens (including phenoxy) is 1. The third-order valence-electron chi connectivity index (χ3n) is 2.36. The van der Waals surface area contributed by atoms with E-state index in [0.29, 0.717) is 26.2 Å². The summed E-state index contributed by atoms with van der Waals surface area (Å²) in [7, 11) is 0. The van der Waals surface area contributed by atoms with Crippen molar-refractivity contribution in [2.45, 2.75) is 32.5 Å². The number of nitrogens with zero attached hydrogens (tertiary/aromatic N) is 1. The van der Waals surface area contributed by atoms with Crippen LogP contribution in [0, 0.1) is 0 Å². The van der Waals surface area contributed by atoms with E-state index in [0.717, 1.165) is 0 Å². The van der Waals surface area contributed by atoms with Crippen LogP contribution >= 0.6 is 0 Å². The molecular formula is C10H21N3O2. The maximum absolute atomic E-state index is 11.7. The van der Waals surface area contributed by atoms with Crippen LogP contribution in [0.2, 0.25) is 0 Å². The molecule has 1 atom stereocenters. The zero-order valence-corrected chi connectivity index (χ0v) is 9.75. The number of nitrogens with one attached hydrogen (secondary N) is 1. The maximum atomic E-state index is 11.7. The Morgan fingerprint density at radius 2 is 2.33 bits per heavy atom. The molecule has 0 aromatic carbocycles. The second kappa shape index (κ2) is 4.81. The number of carbonyl (C=O) groups is 1. The van der Waals surface area contributed by atoms with E-state index in [9.17, 15) is 4.79 Å². The molecule has 1 aliphatic heterocycles. The highest BCUT2D eigenvalue weighted by Crippen LogP contribution is 2.20. The Morgan fingerprint density at radius 1 is 1.67 bits per heavy atom. The molecule has 5 heteroatoms. The van der Waals surface area contributed by atoms with Crippen LogP contribution in [0.15, 0.2) is 0 Å². The molecule has 3 N–H and O–H groups in total. The molecule has 2 amide bonds. The lowest BCUT2D eigenvalue weighted by atomic mass is 10.1. The van der Waals surface area contributed by atoms with Crippen LogP contribution in [0.3, 0.4) is 0 Å². The fraction of sp³-hybridized carbons (Fsp3) is 0.900. The summed E-state index contributed by atoms with van der Waals surface area (Å²) < 4.78 is 5.73. The second-order valence-electron chi connectivity index (χ2n) is 4.45. The second-order valence-corrected chi connectivity index (χ2v) is 4.45. The number of rotatable bonds is 2. The zero-order chi connectivity index (χ0) is 11.5. The molecule has 5 nitrogen and oxygen atoms in total. The summed E-state index contributed by atoms with van der Waals surface area (Å²) in [4.78, 5) is 13.4. The Morgan fingerprint density at radius 3 is 2.87 bits per heavy atom. The van der Waals surface area contributed by atoms with Crippen LogP contribution in [0.1, 0.15) is 20.8 Å². The molecule has 1 unspecified atom stereocenters. The van der Waals surface area contributed by atoms with Crippen molar-refractivity contribution in [1.29, 1.82) is 0 Å². The van der Waals surface area contributed by atoms with Gasteiger partial charge in [0.25, 0.3) is 0 Å². The summed E-state index contributed by atoms with van der Waals surface area (Å²) in [5.74, 6) is 0. The maximum Gasteiger partial charge on any atom is 0.317 e. The monoisotopic (exact) mass is 215 g/mol. The molecule has 1 saturated heterocycles. The standard InChI is InChI=1S/C10H21N3O2/c1-4-12-9(14)13-6-8(5-11)15-10(2,3)7-13/h8H,4-7,11H2,1-3H3,(H,12,14). The number of hydrogen-bond donors (Lipinski definition) is 2. The van der Waals surface area contributed by atoms with Gasteiger partial charge in [0.1, 0.15) is 0 Å². The van der Waals surface area contributed by atoms with Gasteiger partial charge in [-0.1, -0.05) is 0 Å². The minimum atomic E-state index is -0.312. The van der Waals surface area contributed by atoms with Gasteiger partial charge in [-0.05, 0) is 20.8 Å². The number of nitrogens with two attached hydrogens (primary N) is 1. The molecule has 0 spiro atoms.